The van der Waals surface area contributed by atoms with Gasteiger partial charge >= 0.3 is 0 Å². The smallest absolute Gasteiger partial charge is 0.00227 e. The van der Waals surface area contributed by atoms with Crippen LogP contribution in [0.3, 0.4) is 0 Å². The van der Waals surface area contributed by atoms with Crippen molar-refractivity contribution in [1.29, 1.82) is 0 Å². The van der Waals surface area contributed by atoms with E-state index >= 15 is 0 Å². The summed E-state index contributed by atoms with van der Waals surface area (Å²) >= 11 is 0. The highest BCUT2D eigenvalue weighted by Gasteiger charge is 2.23. The summed E-state index contributed by atoms with van der Waals surface area (Å²) in [5, 5.41) is 0. The summed E-state index contributed by atoms with van der Waals surface area (Å²) < 4.78 is 0. The third kappa shape index (κ3) is 6.72. The first-order chi connectivity index (χ1) is 15.1. The first kappa shape index (κ1) is 26.7. The van der Waals surface area contributed by atoms with Crippen LogP contribution in [0.25, 0.3) is 0 Å². The second-order valence-electron chi connectivity index (χ2n) is 11.3. The second kappa shape index (κ2) is 11.5. The molecule has 0 fully saturated rings. The number of aryl methyl sites for hydroxylation is 2. The summed E-state index contributed by atoms with van der Waals surface area (Å²) in [5.41, 5.74) is 11.1. The number of rotatable bonds is 12. The summed E-state index contributed by atoms with van der Waals surface area (Å²) in [6.07, 6.45) is 10.8. The molecule has 0 heterocycles. The van der Waals surface area contributed by atoms with E-state index < -0.39 is 0 Å². The fraction of sp³-hybridized carbons (Fsp3) is 0.625. The van der Waals surface area contributed by atoms with E-state index in [-0.39, 0.29) is 10.8 Å². The molecule has 0 spiro atoms. The summed E-state index contributed by atoms with van der Waals surface area (Å²) in [4.78, 5) is 0. The molecule has 2 rings (SSSR count). The highest BCUT2D eigenvalue weighted by atomic mass is 14.3. The van der Waals surface area contributed by atoms with Gasteiger partial charge in [0.05, 0.1) is 0 Å². The Labute approximate surface area is 200 Å². The fourth-order valence-electron chi connectivity index (χ4n) is 4.65. The van der Waals surface area contributed by atoms with Crippen LogP contribution in [0.5, 0.6) is 0 Å². The lowest BCUT2D eigenvalue weighted by molar-refractivity contribution is 0.501. The van der Waals surface area contributed by atoms with E-state index in [2.05, 4.69) is 92.6 Å². The van der Waals surface area contributed by atoms with Gasteiger partial charge < -0.3 is 0 Å². The number of hydrogen-bond donors (Lipinski definition) is 0. The van der Waals surface area contributed by atoms with E-state index in [9.17, 15) is 0 Å². The predicted octanol–water partition coefficient (Wildman–Crippen LogP) is 9.65. The van der Waals surface area contributed by atoms with Gasteiger partial charge in [-0.05, 0) is 102 Å². The van der Waals surface area contributed by atoms with E-state index in [1.807, 2.05) is 0 Å². The Morgan fingerprint density at radius 3 is 1.69 bits per heavy atom. The molecule has 0 unspecified atom stereocenters. The quantitative estimate of drug-likeness (QED) is 0.312. The van der Waals surface area contributed by atoms with Crippen LogP contribution in [0.1, 0.15) is 133 Å². The third-order valence-electron chi connectivity index (χ3n) is 7.94. The summed E-state index contributed by atoms with van der Waals surface area (Å²) in [6, 6.07) is 12.5. The van der Waals surface area contributed by atoms with Gasteiger partial charge in [-0.1, -0.05) is 98.6 Å². The maximum atomic E-state index is 2.52. The van der Waals surface area contributed by atoms with Crippen molar-refractivity contribution >= 4 is 0 Å². The molecule has 0 saturated carbocycles. The van der Waals surface area contributed by atoms with E-state index in [1.165, 1.54) is 84.7 Å². The van der Waals surface area contributed by atoms with Crippen LogP contribution in [-0.2, 0) is 30.1 Å². The standard InChI is InChI=1S/C32H50/c1-10-14-16-25-18-27(22-29(21-25)31(6,7)12-3)20-28-19-26(17-15-11-2)23-30(24(28)5)32(8,9)13-4/h18-19,21-23H,10-17,20H2,1-9H3. The first-order valence-corrected chi connectivity index (χ1v) is 13.3. The molecule has 2 aromatic rings. The largest absolute Gasteiger partial charge is 0.0654 e. The Morgan fingerprint density at radius 1 is 0.625 bits per heavy atom. The van der Waals surface area contributed by atoms with Crippen LogP contribution in [0, 0.1) is 6.92 Å². The summed E-state index contributed by atoms with van der Waals surface area (Å²) in [7, 11) is 0. The van der Waals surface area contributed by atoms with Crippen molar-refractivity contribution in [3.63, 3.8) is 0 Å². The Balaban J connectivity index is 2.56. The molecular formula is C32H50. The van der Waals surface area contributed by atoms with Crippen molar-refractivity contribution in [2.75, 3.05) is 0 Å². The number of benzene rings is 2. The lowest BCUT2D eigenvalue weighted by Crippen LogP contribution is -2.19. The molecule has 0 aromatic heterocycles. The van der Waals surface area contributed by atoms with Crippen molar-refractivity contribution in [1.82, 2.24) is 0 Å². The van der Waals surface area contributed by atoms with E-state index in [0.717, 1.165) is 6.42 Å². The van der Waals surface area contributed by atoms with Crippen LogP contribution >= 0.6 is 0 Å². The molecule has 0 amide bonds. The van der Waals surface area contributed by atoms with Crippen LogP contribution < -0.4 is 0 Å². The Kier molecular flexibility index (Phi) is 9.62. The molecule has 0 heteroatoms. The molecule has 178 valence electrons. The minimum atomic E-state index is 0.222. The van der Waals surface area contributed by atoms with Crippen LogP contribution in [0.4, 0.5) is 0 Å². The van der Waals surface area contributed by atoms with Gasteiger partial charge in [0.25, 0.3) is 0 Å². The Morgan fingerprint density at radius 2 is 1.16 bits per heavy atom. The van der Waals surface area contributed by atoms with Gasteiger partial charge in [0.2, 0.25) is 0 Å². The van der Waals surface area contributed by atoms with E-state index in [4.69, 9.17) is 0 Å². The summed E-state index contributed by atoms with van der Waals surface area (Å²) in [5.74, 6) is 0. The van der Waals surface area contributed by atoms with Gasteiger partial charge in [-0.15, -0.1) is 0 Å². The van der Waals surface area contributed by atoms with Crippen LogP contribution in [0.2, 0.25) is 0 Å². The van der Waals surface area contributed by atoms with Crippen LogP contribution in [0.15, 0.2) is 30.3 Å². The van der Waals surface area contributed by atoms with Gasteiger partial charge in [-0.25, -0.2) is 0 Å². The minimum Gasteiger partial charge on any atom is -0.0654 e. The van der Waals surface area contributed by atoms with Gasteiger partial charge in [0.1, 0.15) is 0 Å². The average molecular weight is 435 g/mol. The molecule has 0 bridgehead atoms. The minimum absolute atomic E-state index is 0.222. The maximum Gasteiger partial charge on any atom is -0.00227 e. The number of unbranched alkanes of at least 4 members (excludes halogenated alkanes) is 2. The van der Waals surface area contributed by atoms with Crippen molar-refractivity contribution in [3.8, 4) is 0 Å². The zero-order valence-corrected chi connectivity index (χ0v) is 22.8. The molecule has 0 aliphatic rings. The van der Waals surface area contributed by atoms with E-state index in [0.29, 0.717) is 0 Å². The lowest BCUT2D eigenvalue weighted by Gasteiger charge is -2.28. The topological polar surface area (TPSA) is 0 Å². The lowest BCUT2D eigenvalue weighted by atomic mass is 9.76. The van der Waals surface area contributed by atoms with Gasteiger partial charge in [0, 0.05) is 0 Å². The van der Waals surface area contributed by atoms with Crippen molar-refractivity contribution < 1.29 is 0 Å². The van der Waals surface area contributed by atoms with Gasteiger partial charge in [-0.2, -0.15) is 0 Å². The monoisotopic (exact) mass is 434 g/mol. The number of hydrogen-bond acceptors (Lipinski definition) is 0. The van der Waals surface area contributed by atoms with Gasteiger partial charge in [0.15, 0.2) is 0 Å². The highest BCUT2D eigenvalue weighted by molar-refractivity contribution is 5.46. The molecule has 0 aliphatic heterocycles. The second-order valence-corrected chi connectivity index (χ2v) is 11.3. The molecule has 0 saturated heterocycles. The molecule has 0 atom stereocenters. The third-order valence-corrected chi connectivity index (χ3v) is 7.94. The molecule has 0 aliphatic carbocycles. The zero-order chi connectivity index (χ0) is 23.9. The van der Waals surface area contributed by atoms with Crippen molar-refractivity contribution in [2.45, 2.75) is 131 Å². The molecular weight excluding hydrogens is 384 g/mol. The average Bonchev–Trinajstić information content (AvgIpc) is 2.77. The SMILES string of the molecule is CCCCc1cc(Cc2cc(CCCC)cc(C(C)(C)CC)c2C)cc(C(C)(C)CC)c1. The highest BCUT2D eigenvalue weighted by Crippen LogP contribution is 2.34. The van der Waals surface area contributed by atoms with Crippen molar-refractivity contribution in [2.24, 2.45) is 0 Å². The fourth-order valence-corrected chi connectivity index (χ4v) is 4.65. The Bertz CT molecular complexity index is 866. The molecule has 0 N–H and O–H groups in total. The maximum absolute atomic E-state index is 2.52. The van der Waals surface area contributed by atoms with Gasteiger partial charge in [-0.3, -0.25) is 0 Å². The zero-order valence-electron chi connectivity index (χ0n) is 22.8. The predicted molar refractivity (Wildman–Crippen MR) is 144 cm³/mol. The Hall–Kier alpha value is -1.56. The summed E-state index contributed by atoms with van der Waals surface area (Å²) in [6.45, 7) is 21.2. The van der Waals surface area contributed by atoms with Crippen LogP contribution in [-0.4, -0.2) is 0 Å². The normalized spacial score (nSPS) is 12.4. The van der Waals surface area contributed by atoms with E-state index in [1.54, 1.807) is 5.56 Å². The molecule has 32 heavy (non-hydrogen) atoms. The first-order valence-electron chi connectivity index (χ1n) is 13.3. The van der Waals surface area contributed by atoms with Crippen molar-refractivity contribution in [3.05, 3.63) is 69.3 Å². The molecule has 2 aromatic carbocycles. The molecule has 0 radical (unpaired) electrons. The molecule has 0 nitrogen and oxygen atoms in total.